The Hall–Kier alpha value is -1.58. The molecule has 0 aliphatic heterocycles. The van der Waals surface area contributed by atoms with Crippen LogP contribution in [0.5, 0.6) is 0 Å². The second kappa shape index (κ2) is 41.8. The van der Waals surface area contributed by atoms with Crippen LogP contribution < -0.4 is 0 Å². The van der Waals surface area contributed by atoms with Gasteiger partial charge >= 0.3 is 11.9 Å². The van der Waals surface area contributed by atoms with E-state index in [-0.39, 0.29) is 18.5 Å². The molecule has 1 unspecified atom stereocenters. The Morgan fingerprint density at radius 1 is 0.440 bits per heavy atom. The largest absolute Gasteiger partial charge is 0.481 e. The molecule has 0 bridgehead atoms. The molecule has 0 amide bonds. The summed E-state index contributed by atoms with van der Waals surface area (Å²) in [7, 11) is 0. The molecule has 294 valence electrons. The highest BCUT2D eigenvalue weighted by Gasteiger charge is 2.14. The van der Waals surface area contributed by atoms with E-state index in [1.165, 1.54) is 148 Å². The van der Waals surface area contributed by atoms with Crippen molar-refractivity contribution in [1.29, 1.82) is 0 Å². The van der Waals surface area contributed by atoms with Gasteiger partial charge in [-0.3, -0.25) is 9.59 Å². The van der Waals surface area contributed by atoms with Crippen molar-refractivity contribution in [3.63, 3.8) is 0 Å². The van der Waals surface area contributed by atoms with E-state index in [1.54, 1.807) is 0 Å². The molecule has 0 aromatic rings. The van der Waals surface area contributed by atoms with Crippen molar-refractivity contribution in [2.24, 2.45) is 0 Å². The molecule has 0 saturated carbocycles. The van der Waals surface area contributed by atoms with Crippen molar-refractivity contribution in [3.8, 4) is 0 Å². The number of carbonyl (C=O) groups is 2. The van der Waals surface area contributed by atoms with E-state index < -0.39 is 5.97 Å². The van der Waals surface area contributed by atoms with Crippen molar-refractivity contribution in [2.45, 2.75) is 258 Å². The first-order valence-electron chi connectivity index (χ1n) is 22.3. The molecular formula is C46H86O4. The summed E-state index contributed by atoms with van der Waals surface area (Å²) in [6.07, 6.45) is 53.6. The number of carboxylic acids is 1. The summed E-state index contributed by atoms with van der Waals surface area (Å²) >= 11 is 0. The molecule has 50 heavy (non-hydrogen) atoms. The van der Waals surface area contributed by atoms with E-state index in [1.807, 2.05) is 0 Å². The Morgan fingerprint density at radius 3 is 1.22 bits per heavy atom. The average Bonchev–Trinajstić information content (AvgIpc) is 3.10. The van der Waals surface area contributed by atoms with Crippen molar-refractivity contribution < 1.29 is 19.4 Å². The number of hydrogen-bond acceptors (Lipinski definition) is 3. The Labute approximate surface area is 312 Å². The van der Waals surface area contributed by atoms with Crippen LogP contribution in [0.15, 0.2) is 24.3 Å². The zero-order valence-corrected chi connectivity index (χ0v) is 33.7. The number of allylic oxidation sites excluding steroid dienone is 4. The maximum absolute atomic E-state index is 12.7. The molecule has 0 radical (unpaired) electrons. The number of ether oxygens (including phenoxy) is 1. The van der Waals surface area contributed by atoms with Gasteiger partial charge in [-0.15, -0.1) is 0 Å². The monoisotopic (exact) mass is 703 g/mol. The topological polar surface area (TPSA) is 63.6 Å². The smallest absolute Gasteiger partial charge is 0.306 e. The first-order chi connectivity index (χ1) is 24.6. The van der Waals surface area contributed by atoms with Gasteiger partial charge in [-0.2, -0.15) is 0 Å². The van der Waals surface area contributed by atoms with Gasteiger partial charge < -0.3 is 9.84 Å². The van der Waals surface area contributed by atoms with Crippen molar-refractivity contribution >= 4 is 11.9 Å². The lowest BCUT2D eigenvalue weighted by atomic mass is 10.0. The van der Waals surface area contributed by atoms with Gasteiger partial charge in [-0.25, -0.2) is 0 Å². The van der Waals surface area contributed by atoms with Gasteiger partial charge in [-0.05, 0) is 70.6 Å². The van der Waals surface area contributed by atoms with Gasteiger partial charge in [-0.1, -0.05) is 192 Å². The standard InChI is InChI=1S/C46H86O4/c1-3-5-7-9-11-13-15-16-17-18-19-20-21-22-23-24-25-27-29-35-39-43-46(49)50-44(41-37-33-30-31-34-38-42-45(47)48)40-36-32-28-26-14-12-10-8-6-4-2/h11,13,16-17,44H,3-10,12,14-15,18-43H2,1-2H3,(H,47,48)/b13-11-,17-16-. The fourth-order valence-corrected chi connectivity index (χ4v) is 6.86. The first kappa shape index (κ1) is 48.4. The molecule has 1 atom stereocenters. The Kier molecular flexibility index (Phi) is 40.5. The minimum atomic E-state index is -0.690. The van der Waals surface area contributed by atoms with Gasteiger partial charge in [0.15, 0.2) is 0 Å². The van der Waals surface area contributed by atoms with Crippen LogP contribution >= 0.6 is 0 Å². The lowest BCUT2D eigenvalue weighted by Gasteiger charge is -2.18. The van der Waals surface area contributed by atoms with Crippen LogP contribution in [0.2, 0.25) is 0 Å². The zero-order chi connectivity index (χ0) is 36.4. The highest BCUT2D eigenvalue weighted by atomic mass is 16.5. The summed E-state index contributed by atoms with van der Waals surface area (Å²) in [5, 5.41) is 8.80. The third kappa shape index (κ3) is 40.8. The Bertz CT molecular complexity index is 757. The molecule has 4 nitrogen and oxygen atoms in total. The number of esters is 1. The molecule has 0 aromatic carbocycles. The minimum Gasteiger partial charge on any atom is -0.481 e. The molecule has 0 aromatic heterocycles. The molecule has 1 N–H and O–H groups in total. The molecule has 0 heterocycles. The molecule has 0 spiro atoms. The third-order valence-electron chi connectivity index (χ3n) is 10.2. The normalized spacial score (nSPS) is 12.4. The molecule has 4 heteroatoms. The fourth-order valence-electron chi connectivity index (χ4n) is 6.86. The van der Waals surface area contributed by atoms with Crippen LogP contribution in [0, 0.1) is 0 Å². The highest BCUT2D eigenvalue weighted by Crippen LogP contribution is 2.19. The fraction of sp³-hybridized carbons (Fsp3) is 0.870. The van der Waals surface area contributed by atoms with Crippen LogP contribution in [-0.4, -0.2) is 23.1 Å². The maximum atomic E-state index is 12.7. The molecule has 0 fully saturated rings. The Morgan fingerprint density at radius 2 is 0.780 bits per heavy atom. The Balaban J connectivity index is 3.91. The average molecular weight is 703 g/mol. The number of unbranched alkanes of at least 4 members (excludes halogenated alkanes) is 28. The van der Waals surface area contributed by atoms with Crippen LogP contribution in [0.1, 0.15) is 251 Å². The second-order valence-corrected chi connectivity index (χ2v) is 15.2. The lowest BCUT2D eigenvalue weighted by molar-refractivity contribution is -0.150. The zero-order valence-electron chi connectivity index (χ0n) is 33.7. The number of carboxylic acid groups (broad SMARTS) is 1. The van der Waals surface area contributed by atoms with E-state index in [9.17, 15) is 9.59 Å². The third-order valence-corrected chi connectivity index (χ3v) is 10.2. The van der Waals surface area contributed by atoms with Crippen LogP contribution in [0.4, 0.5) is 0 Å². The van der Waals surface area contributed by atoms with Gasteiger partial charge in [0, 0.05) is 12.8 Å². The molecule has 0 aliphatic rings. The molecular weight excluding hydrogens is 617 g/mol. The summed E-state index contributed by atoms with van der Waals surface area (Å²) in [4.78, 5) is 23.4. The van der Waals surface area contributed by atoms with Gasteiger partial charge in [0.25, 0.3) is 0 Å². The number of rotatable bonds is 41. The predicted molar refractivity (Wildman–Crippen MR) is 218 cm³/mol. The summed E-state index contributed by atoms with van der Waals surface area (Å²) in [6, 6.07) is 0. The number of carbonyl (C=O) groups excluding carboxylic acids is 1. The lowest BCUT2D eigenvalue weighted by Crippen LogP contribution is -2.18. The van der Waals surface area contributed by atoms with Gasteiger partial charge in [0.1, 0.15) is 6.10 Å². The molecule has 0 saturated heterocycles. The minimum absolute atomic E-state index is 0.0147. The number of hydrogen-bond donors (Lipinski definition) is 1. The maximum Gasteiger partial charge on any atom is 0.306 e. The van der Waals surface area contributed by atoms with Crippen molar-refractivity contribution in [1.82, 2.24) is 0 Å². The summed E-state index contributed by atoms with van der Waals surface area (Å²) in [5.74, 6) is -0.676. The quantitative estimate of drug-likeness (QED) is 0.0391. The predicted octanol–water partition coefficient (Wildman–Crippen LogP) is 15.6. The van der Waals surface area contributed by atoms with Crippen LogP contribution in [0.25, 0.3) is 0 Å². The molecule has 0 aliphatic carbocycles. The summed E-state index contributed by atoms with van der Waals surface area (Å²) in [6.45, 7) is 4.54. The van der Waals surface area contributed by atoms with Crippen molar-refractivity contribution in [3.05, 3.63) is 24.3 Å². The van der Waals surface area contributed by atoms with Crippen LogP contribution in [-0.2, 0) is 14.3 Å². The van der Waals surface area contributed by atoms with Gasteiger partial charge in [0.2, 0.25) is 0 Å². The second-order valence-electron chi connectivity index (χ2n) is 15.2. The number of aliphatic carboxylic acids is 1. The van der Waals surface area contributed by atoms with E-state index >= 15 is 0 Å². The summed E-state index contributed by atoms with van der Waals surface area (Å²) in [5.41, 5.74) is 0. The van der Waals surface area contributed by atoms with E-state index in [4.69, 9.17) is 9.84 Å². The van der Waals surface area contributed by atoms with E-state index in [0.717, 1.165) is 77.0 Å². The van der Waals surface area contributed by atoms with Gasteiger partial charge in [0.05, 0.1) is 0 Å². The molecule has 0 rings (SSSR count). The van der Waals surface area contributed by atoms with E-state index in [2.05, 4.69) is 38.2 Å². The summed E-state index contributed by atoms with van der Waals surface area (Å²) < 4.78 is 6.04. The van der Waals surface area contributed by atoms with Crippen molar-refractivity contribution in [2.75, 3.05) is 0 Å². The SMILES string of the molecule is CCCCC/C=C\C/C=C\CCCCCCCCCCCCCC(=O)OC(CCCCCCCCCCCC)CCCCCCCCC(=O)O. The van der Waals surface area contributed by atoms with E-state index in [0.29, 0.717) is 6.42 Å². The van der Waals surface area contributed by atoms with Crippen LogP contribution in [0.3, 0.4) is 0 Å². The highest BCUT2D eigenvalue weighted by molar-refractivity contribution is 5.69. The first-order valence-corrected chi connectivity index (χ1v) is 22.3.